The molecule has 9 heteroatoms. The molecule has 0 bridgehead atoms. The largest absolute Gasteiger partial charge is 0.480 e. The van der Waals surface area contributed by atoms with Crippen molar-refractivity contribution in [3.63, 3.8) is 0 Å². The molecule has 0 radical (unpaired) electrons. The summed E-state index contributed by atoms with van der Waals surface area (Å²) in [5.41, 5.74) is -0.545. The minimum Gasteiger partial charge on any atom is -0.480 e. The number of carbonyl (C=O) groups excluding carboxylic acids is 2. The Balaban J connectivity index is 4.79. The fourth-order valence-electron chi connectivity index (χ4n) is 1.43. The van der Waals surface area contributed by atoms with Crippen molar-refractivity contribution < 1.29 is 27.9 Å². The van der Waals surface area contributed by atoms with E-state index in [4.69, 9.17) is 5.11 Å². The number of rotatable bonds is 8. The van der Waals surface area contributed by atoms with Gasteiger partial charge in [-0.2, -0.15) is 0 Å². The van der Waals surface area contributed by atoms with Crippen LogP contribution in [0.15, 0.2) is 0 Å². The SMILES string of the molecule is CCC(C)(C)NC(=O)CS(=O)(=O)C[C@H](NC(C)=O)C(=O)O. The fraction of sp³-hybridized carbons (Fsp3) is 0.750. The first-order valence-corrected chi connectivity index (χ1v) is 8.22. The first-order valence-electron chi connectivity index (χ1n) is 6.40. The van der Waals surface area contributed by atoms with E-state index < -0.39 is 50.7 Å². The van der Waals surface area contributed by atoms with Gasteiger partial charge in [-0.1, -0.05) is 6.92 Å². The molecule has 0 aromatic heterocycles. The fourth-order valence-corrected chi connectivity index (χ4v) is 2.76. The van der Waals surface area contributed by atoms with E-state index in [9.17, 15) is 22.8 Å². The Morgan fingerprint density at radius 2 is 1.76 bits per heavy atom. The molecule has 0 heterocycles. The van der Waals surface area contributed by atoms with Crippen LogP contribution >= 0.6 is 0 Å². The van der Waals surface area contributed by atoms with Gasteiger partial charge < -0.3 is 15.7 Å². The van der Waals surface area contributed by atoms with Gasteiger partial charge in [0, 0.05) is 12.5 Å². The predicted molar refractivity (Wildman–Crippen MR) is 76.4 cm³/mol. The third-order valence-electron chi connectivity index (χ3n) is 2.81. The van der Waals surface area contributed by atoms with Crippen LogP contribution in [0.2, 0.25) is 0 Å². The summed E-state index contributed by atoms with van der Waals surface area (Å²) in [5.74, 6) is -4.48. The number of hydrogen-bond donors (Lipinski definition) is 3. The summed E-state index contributed by atoms with van der Waals surface area (Å²) < 4.78 is 23.7. The van der Waals surface area contributed by atoms with Gasteiger partial charge in [0.1, 0.15) is 11.8 Å². The molecule has 122 valence electrons. The number of nitrogens with one attached hydrogen (secondary N) is 2. The number of hydrogen-bond acceptors (Lipinski definition) is 5. The van der Waals surface area contributed by atoms with E-state index in [2.05, 4.69) is 5.32 Å². The summed E-state index contributed by atoms with van der Waals surface area (Å²) in [7, 11) is -3.96. The Morgan fingerprint density at radius 3 is 2.14 bits per heavy atom. The zero-order chi connectivity index (χ0) is 16.8. The molecule has 21 heavy (non-hydrogen) atoms. The van der Waals surface area contributed by atoms with Crippen LogP contribution < -0.4 is 10.6 Å². The summed E-state index contributed by atoms with van der Waals surface area (Å²) in [6.45, 7) is 6.41. The van der Waals surface area contributed by atoms with Crippen molar-refractivity contribution in [1.82, 2.24) is 10.6 Å². The zero-order valence-electron chi connectivity index (χ0n) is 12.6. The summed E-state index contributed by atoms with van der Waals surface area (Å²) in [6.07, 6.45) is 0.614. The van der Waals surface area contributed by atoms with Crippen molar-refractivity contribution in [2.75, 3.05) is 11.5 Å². The molecule has 0 rings (SSSR count). The second kappa shape index (κ2) is 7.39. The molecule has 0 unspecified atom stereocenters. The van der Waals surface area contributed by atoms with Crippen molar-refractivity contribution in [2.24, 2.45) is 0 Å². The lowest BCUT2D eigenvalue weighted by atomic mass is 10.0. The topological polar surface area (TPSA) is 130 Å². The lowest BCUT2D eigenvalue weighted by Crippen LogP contribution is -2.48. The van der Waals surface area contributed by atoms with Crippen molar-refractivity contribution in [2.45, 2.75) is 45.7 Å². The van der Waals surface area contributed by atoms with Crippen LogP contribution in [-0.2, 0) is 24.2 Å². The summed E-state index contributed by atoms with van der Waals surface area (Å²) in [6, 6.07) is -1.57. The molecule has 0 fully saturated rings. The minimum atomic E-state index is -3.96. The number of carbonyl (C=O) groups is 3. The van der Waals surface area contributed by atoms with E-state index in [-0.39, 0.29) is 0 Å². The highest BCUT2D eigenvalue weighted by Crippen LogP contribution is 2.07. The van der Waals surface area contributed by atoms with Crippen molar-refractivity contribution >= 4 is 27.6 Å². The number of carboxylic acid groups (broad SMARTS) is 1. The number of carboxylic acids is 1. The van der Waals surface area contributed by atoms with Crippen LogP contribution in [0.1, 0.15) is 34.1 Å². The highest BCUT2D eigenvalue weighted by Gasteiger charge is 2.29. The second-order valence-electron chi connectivity index (χ2n) is 5.43. The Bertz CT molecular complexity index is 512. The zero-order valence-corrected chi connectivity index (χ0v) is 13.4. The number of amides is 2. The number of sulfone groups is 1. The van der Waals surface area contributed by atoms with Crippen LogP contribution in [0, 0.1) is 0 Å². The maximum Gasteiger partial charge on any atom is 0.327 e. The van der Waals surface area contributed by atoms with Gasteiger partial charge in [0.15, 0.2) is 9.84 Å². The maximum atomic E-state index is 11.8. The predicted octanol–water partition coefficient (Wildman–Crippen LogP) is -0.705. The molecule has 0 aromatic carbocycles. The van der Waals surface area contributed by atoms with Crippen LogP contribution in [0.3, 0.4) is 0 Å². The molecular weight excluding hydrogens is 300 g/mol. The third kappa shape index (κ3) is 8.28. The molecule has 0 aliphatic carbocycles. The third-order valence-corrected chi connectivity index (χ3v) is 4.35. The molecule has 0 saturated heterocycles. The smallest absolute Gasteiger partial charge is 0.327 e. The standard InChI is InChI=1S/C12H22N2O6S/c1-5-12(3,4)14-10(16)7-21(19,20)6-9(11(17)18)13-8(2)15/h9H,5-7H2,1-4H3,(H,13,15)(H,14,16)(H,17,18)/t9-/m0/s1. The average Bonchev–Trinajstić information content (AvgIpc) is 2.25. The van der Waals surface area contributed by atoms with Crippen LogP contribution in [-0.4, -0.2) is 54.4 Å². The van der Waals surface area contributed by atoms with Gasteiger partial charge in [-0.15, -0.1) is 0 Å². The van der Waals surface area contributed by atoms with Crippen molar-refractivity contribution in [3.05, 3.63) is 0 Å². The monoisotopic (exact) mass is 322 g/mol. The van der Waals surface area contributed by atoms with Crippen LogP contribution in [0.5, 0.6) is 0 Å². The van der Waals surface area contributed by atoms with Gasteiger partial charge in [-0.3, -0.25) is 9.59 Å². The Labute approximate surface area is 124 Å². The lowest BCUT2D eigenvalue weighted by Gasteiger charge is -2.24. The van der Waals surface area contributed by atoms with Gasteiger partial charge in [-0.25, -0.2) is 13.2 Å². The summed E-state index contributed by atoms with van der Waals surface area (Å²) >= 11 is 0. The Morgan fingerprint density at radius 1 is 1.24 bits per heavy atom. The molecular formula is C12H22N2O6S. The highest BCUT2D eigenvalue weighted by atomic mass is 32.2. The van der Waals surface area contributed by atoms with E-state index in [0.29, 0.717) is 6.42 Å². The molecule has 1 atom stereocenters. The van der Waals surface area contributed by atoms with E-state index in [0.717, 1.165) is 6.92 Å². The van der Waals surface area contributed by atoms with E-state index >= 15 is 0 Å². The van der Waals surface area contributed by atoms with Gasteiger partial charge in [0.25, 0.3) is 0 Å². The Kier molecular flexibility index (Phi) is 6.81. The second-order valence-corrected chi connectivity index (χ2v) is 7.54. The lowest BCUT2D eigenvalue weighted by molar-refractivity contribution is -0.140. The first-order chi connectivity index (χ1) is 9.38. The van der Waals surface area contributed by atoms with E-state index in [1.807, 2.05) is 12.2 Å². The molecule has 0 aliphatic rings. The average molecular weight is 322 g/mol. The van der Waals surface area contributed by atoms with Crippen molar-refractivity contribution in [3.8, 4) is 0 Å². The van der Waals surface area contributed by atoms with Gasteiger partial charge in [-0.05, 0) is 20.3 Å². The van der Waals surface area contributed by atoms with Gasteiger partial charge in [0.2, 0.25) is 11.8 Å². The quantitative estimate of drug-likeness (QED) is 0.541. The molecule has 0 aromatic rings. The van der Waals surface area contributed by atoms with Crippen molar-refractivity contribution in [1.29, 1.82) is 0 Å². The summed E-state index contributed by atoms with van der Waals surface area (Å²) in [5, 5.41) is 13.4. The minimum absolute atomic E-state index is 0.545. The molecule has 0 spiro atoms. The maximum absolute atomic E-state index is 11.8. The Hall–Kier alpha value is -1.64. The molecule has 3 N–H and O–H groups in total. The van der Waals surface area contributed by atoms with E-state index in [1.54, 1.807) is 13.8 Å². The van der Waals surface area contributed by atoms with E-state index in [1.165, 1.54) is 0 Å². The number of aliphatic carboxylic acids is 1. The van der Waals surface area contributed by atoms with Crippen LogP contribution in [0.4, 0.5) is 0 Å². The molecule has 2 amide bonds. The summed E-state index contributed by atoms with van der Waals surface area (Å²) in [4.78, 5) is 33.4. The van der Waals surface area contributed by atoms with Crippen LogP contribution in [0.25, 0.3) is 0 Å². The molecule has 0 saturated carbocycles. The molecule has 8 nitrogen and oxygen atoms in total. The highest BCUT2D eigenvalue weighted by molar-refractivity contribution is 7.92. The normalized spacial score (nSPS) is 13.3. The van der Waals surface area contributed by atoms with Gasteiger partial charge >= 0.3 is 5.97 Å². The first kappa shape index (κ1) is 19.4. The molecule has 0 aliphatic heterocycles. The van der Waals surface area contributed by atoms with Gasteiger partial charge in [0.05, 0.1) is 5.75 Å².